The van der Waals surface area contributed by atoms with E-state index in [-0.39, 0.29) is 23.3 Å². The Hall–Kier alpha value is -2.32. The molecule has 0 aromatic carbocycles. The molecule has 2 aromatic heterocycles. The molecule has 1 N–H and O–H groups in total. The molecule has 0 radical (unpaired) electrons. The number of aryl methyl sites for hydroxylation is 1. The zero-order valence-electron chi connectivity index (χ0n) is 12.4. The summed E-state index contributed by atoms with van der Waals surface area (Å²) in [6, 6.07) is 0. The maximum absolute atomic E-state index is 12.6. The SMILES string of the molecule is Cc1ocnc1C(=O)N1CCC[C@@H](c2ncc(C(F)(F)F)[nH]2)C1. The fourth-order valence-corrected chi connectivity index (χ4v) is 2.73. The van der Waals surface area contributed by atoms with E-state index in [4.69, 9.17) is 4.42 Å². The van der Waals surface area contributed by atoms with Gasteiger partial charge in [-0.1, -0.05) is 0 Å². The molecule has 1 amide bonds. The van der Waals surface area contributed by atoms with Crippen LogP contribution in [0.3, 0.4) is 0 Å². The number of imidazole rings is 1. The predicted molar refractivity (Wildman–Crippen MR) is 72.7 cm³/mol. The second kappa shape index (κ2) is 5.71. The topological polar surface area (TPSA) is 75.0 Å². The Labute approximate surface area is 129 Å². The Morgan fingerprint density at radius 2 is 2.22 bits per heavy atom. The number of nitrogens with zero attached hydrogens (tertiary/aromatic N) is 3. The summed E-state index contributed by atoms with van der Waals surface area (Å²) < 4.78 is 43.0. The quantitative estimate of drug-likeness (QED) is 0.920. The number of piperidine rings is 1. The largest absolute Gasteiger partial charge is 0.448 e. The monoisotopic (exact) mass is 328 g/mol. The number of aromatic amines is 1. The maximum Gasteiger partial charge on any atom is 0.432 e. The van der Waals surface area contributed by atoms with E-state index >= 15 is 0 Å². The molecule has 1 saturated heterocycles. The number of oxazole rings is 1. The third-order valence-corrected chi connectivity index (χ3v) is 3.94. The number of halogens is 3. The Morgan fingerprint density at radius 1 is 1.43 bits per heavy atom. The summed E-state index contributed by atoms with van der Waals surface area (Å²) >= 11 is 0. The molecule has 2 aromatic rings. The van der Waals surface area contributed by atoms with Gasteiger partial charge in [0.15, 0.2) is 12.1 Å². The van der Waals surface area contributed by atoms with E-state index in [1.54, 1.807) is 11.8 Å². The maximum atomic E-state index is 12.6. The standard InChI is InChI=1S/C14H15F3N4O2/c1-8-11(19-7-23-8)13(22)21-4-2-3-9(6-21)12-18-5-10(20-12)14(15,16)17/h5,7,9H,2-4,6H2,1H3,(H,18,20)/t9-/m1/s1. The van der Waals surface area contributed by atoms with Gasteiger partial charge >= 0.3 is 6.18 Å². The summed E-state index contributed by atoms with van der Waals surface area (Å²) in [5, 5.41) is 0. The normalized spacial score (nSPS) is 19.1. The molecule has 0 saturated carbocycles. The van der Waals surface area contributed by atoms with Gasteiger partial charge in [-0.05, 0) is 19.8 Å². The molecule has 1 fully saturated rings. The highest BCUT2D eigenvalue weighted by Gasteiger charge is 2.35. The lowest BCUT2D eigenvalue weighted by Crippen LogP contribution is -2.39. The number of amides is 1. The minimum Gasteiger partial charge on any atom is -0.448 e. The molecular formula is C14H15F3N4O2. The van der Waals surface area contributed by atoms with Crippen LogP contribution >= 0.6 is 0 Å². The number of hydrogen-bond donors (Lipinski definition) is 1. The zero-order valence-corrected chi connectivity index (χ0v) is 12.4. The van der Waals surface area contributed by atoms with Crippen LogP contribution in [0.1, 0.15) is 46.5 Å². The van der Waals surface area contributed by atoms with Crippen LogP contribution < -0.4 is 0 Å². The van der Waals surface area contributed by atoms with E-state index in [2.05, 4.69) is 15.0 Å². The minimum absolute atomic E-state index is 0.237. The first-order chi connectivity index (χ1) is 10.9. The number of H-pyrrole nitrogens is 1. The second-order valence-electron chi connectivity index (χ2n) is 5.53. The van der Waals surface area contributed by atoms with Crippen LogP contribution in [0.25, 0.3) is 0 Å². The van der Waals surface area contributed by atoms with Crippen molar-refractivity contribution >= 4 is 5.91 Å². The number of alkyl halides is 3. The third-order valence-electron chi connectivity index (χ3n) is 3.94. The van der Waals surface area contributed by atoms with E-state index in [9.17, 15) is 18.0 Å². The highest BCUT2D eigenvalue weighted by molar-refractivity contribution is 5.93. The van der Waals surface area contributed by atoms with Crippen molar-refractivity contribution in [2.24, 2.45) is 0 Å². The van der Waals surface area contributed by atoms with Crippen LogP contribution in [0.5, 0.6) is 0 Å². The smallest absolute Gasteiger partial charge is 0.432 e. The van der Waals surface area contributed by atoms with E-state index in [1.807, 2.05) is 0 Å². The Balaban J connectivity index is 1.75. The second-order valence-corrected chi connectivity index (χ2v) is 5.53. The van der Waals surface area contributed by atoms with Crippen LogP contribution in [0.2, 0.25) is 0 Å². The summed E-state index contributed by atoms with van der Waals surface area (Å²) in [5.74, 6) is 0.153. The molecule has 0 bridgehead atoms. The number of carbonyl (C=O) groups excluding carboxylic acids is 1. The Kier molecular flexibility index (Phi) is 3.87. The van der Waals surface area contributed by atoms with Crippen molar-refractivity contribution in [3.05, 3.63) is 35.6 Å². The Morgan fingerprint density at radius 3 is 2.83 bits per heavy atom. The van der Waals surface area contributed by atoms with Crippen LogP contribution in [-0.2, 0) is 6.18 Å². The van der Waals surface area contributed by atoms with Crippen LogP contribution in [0, 0.1) is 6.92 Å². The molecule has 124 valence electrons. The van der Waals surface area contributed by atoms with Crippen molar-refractivity contribution < 1.29 is 22.4 Å². The fraction of sp³-hybridized carbons (Fsp3) is 0.500. The first kappa shape index (κ1) is 15.6. The van der Waals surface area contributed by atoms with E-state index < -0.39 is 11.9 Å². The van der Waals surface area contributed by atoms with Gasteiger partial charge in [-0.3, -0.25) is 4.79 Å². The van der Waals surface area contributed by atoms with Crippen LogP contribution in [0.15, 0.2) is 17.0 Å². The average molecular weight is 328 g/mol. The number of hydrogen-bond acceptors (Lipinski definition) is 4. The van der Waals surface area contributed by atoms with Gasteiger partial charge in [0.25, 0.3) is 5.91 Å². The van der Waals surface area contributed by atoms with Gasteiger partial charge in [-0.25, -0.2) is 9.97 Å². The zero-order chi connectivity index (χ0) is 16.6. The summed E-state index contributed by atoms with van der Waals surface area (Å²) in [5.41, 5.74) is -0.635. The van der Waals surface area contributed by atoms with Crippen LogP contribution in [0.4, 0.5) is 13.2 Å². The van der Waals surface area contributed by atoms with Gasteiger partial charge in [0.2, 0.25) is 0 Å². The highest BCUT2D eigenvalue weighted by Crippen LogP contribution is 2.31. The number of nitrogens with one attached hydrogen (secondary N) is 1. The van der Waals surface area contributed by atoms with Crippen molar-refractivity contribution in [2.75, 3.05) is 13.1 Å². The molecule has 1 atom stereocenters. The predicted octanol–water partition coefficient (Wildman–Crippen LogP) is 2.74. The van der Waals surface area contributed by atoms with E-state index in [1.165, 1.54) is 6.39 Å². The molecule has 6 nitrogen and oxygen atoms in total. The molecular weight excluding hydrogens is 313 g/mol. The van der Waals surface area contributed by atoms with Gasteiger partial charge < -0.3 is 14.3 Å². The molecule has 0 aliphatic carbocycles. The molecule has 3 rings (SSSR count). The lowest BCUT2D eigenvalue weighted by molar-refractivity contribution is -0.141. The summed E-state index contributed by atoms with van der Waals surface area (Å²) in [4.78, 5) is 24.0. The highest BCUT2D eigenvalue weighted by atomic mass is 19.4. The van der Waals surface area contributed by atoms with Gasteiger partial charge in [-0.15, -0.1) is 0 Å². The van der Waals surface area contributed by atoms with Crippen LogP contribution in [-0.4, -0.2) is 38.8 Å². The van der Waals surface area contributed by atoms with Crippen molar-refractivity contribution in [1.82, 2.24) is 19.9 Å². The fourth-order valence-electron chi connectivity index (χ4n) is 2.73. The Bertz CT molecular complexity index is 707. The number of likely N-dealkylation sites (tertiary alicyclic amines) is 1. The van der Waals surface area contributed by atoms with E-state index in [0.29, 0.717) is 31.7 Å². The summed E-state index contributed by atoms with van der Waals surface area (Å²) in [6.07, 6.45) is -1.10. The number of aromatic nitrogens is 3. The molecule has 3 heterocycles. The third kappa shape index (κ3) is 3.08. The molecule has 1 aliphatic rings. The van der Waals surface area contributed by atoms with Gasteiger partial charge in [0, 0.05) is 19.0 Å². The molecule has 1 aliphatic heterocycles. The summed E-state index contributed by atoms with van der Waals surface area (Å²) in [7, 11) is 0. The first-order valence-electron chi connectivity index (χ1n) is 7.17. The minimum atomic E-state index is -4.45. The van der Waals surface area contributed by atoms with Crippen molar-refractivity contribution in [2.45, 2.75) is 31.9 Å². The molecule has 23 heavy (non-hydrogen) atoms. The molecule has 0 spiro atoms. The van der Waals surface area contributed by atoms with Crippen molar-refractivity contribution in [3.8, 4) is 0 Å². The van der Waals surface area contributed by atoms with Gasteiger partial charge in [-0.2, -0.15) is 13.2 Å². The molecule has 9 heteroatoms. The first-order valence-corrected chi connectivity index (χ1v) is 7.17. The lowest BCUT2D eigenvalue weighted by atomic mass is 9.97. The van der Waals surface area contributed by atoms with E-state index in [0.717, 1.165) is 6.20 Å². The average Bonchev–Trinajstić information content (AvgIpc) is 3.15. The van der Waals surface area contributed by atoms with Gasteiger partial charge in [0.05, 0.1) is 6.20 Å². The number of carbonyl (C=O) groups is 1. The van der Waals surface area contributed by atoms with Gasteiger partial charge in [0.1, 0.15) is 17.3 Å². The lowest BCUT2D eigenvalue weighted by Gasteiger charge is -2.31. The number of rotatable bonds is 2. The van der Waals surface area contributed by atoms with Crippen molar-refractivity contribution in [3.63, 3.8) is 0 Å². The van der Waals surface area contributed by atoms with Crippen molar-refractivity contribution in [1.29, 1.82) is 0 Å². The summed E-state index contributed by atoms with van der Waals surface area (Å²) in [6.45, 7) is 2.48. The molecule has 0 unspecified atom stereocenters.